The van der Waals surface area contributed by atoms with E-state index >= 15 is 0 Å². The summed E-state index contributed by atoms with van der Waals surface area (Å²) in [6.07, 6.45) is -0.668. The van der Waals surface area contributed by atoms with E-state index in [2.05, 4.69) is 4.98 Å². The smallest absolute Gasteiger partial charge is 0.329 e. The summed E-state index contributed by atoms with van der Waals surface area (Å²) in [7, 11) is 0. The van der Waals surface area contributed by atoms with Gasteiger partial charge in [-0.2, -0.15) is 13.2 Å². The van der Waals surface area contributed by atoms with Crippen LogP contribution in [0.2, 0.25) is 0 Å². The Morgan fingerprint density at radius 3 is 2.52 bits per heavy atom. The number of alkyl halides is 3. The maximum atomic E-state index is 12.6. The largest absolute Gasteiger partial charge is 0.406 e. The second-order valence-corrected chi connectivity index (χ2v) is 5.39. The minimum absolute atomic E-state index is 0.354. The molecule has 7 heteroatoms. The van der Waals surface area contributed by atoms with E-state index in [1.165, 1.54) is 18.0 Å². The number of halogens is 3. The van der Waals surface area contributed by atoms with E-state index in [9.17, 15) is 13.2 Å². The highest BCUT2D eigenvalue weighted by molar-refractivity contribution is 5.14. The van der Waals surface area contributed by atoms with Crippen LogP contribution in [-0.2, 0) is 19.5 Å². The highest BCUT2D eigenvalue weighted by atomic mass is 19.4. The highest BCUT2D eigenvalue weighted by Crippen LogP contribution is 2.18. The van der Waals surface area contributed by atoms with Gasteiger partial charge in [0, 0.05) is 32.0 Å². The Kier molecular flexibility index (Phi) is 6.18. The summed E-state index contributed by atoms with van der Waals surface area (Å²) >= 11 is 0. The van der Waals surface area contributed by atoms with Crippen molar-refractivity contribution in [3.05, 3.63) is 54.1 Å². The minimum atomic E-state index is -4.25. The molecule has 126 valence electrons. The van der Waals surface area contributed by atoms with Crippen molar-refractivity contribution in [2.75, 3.05) is 19.6 Å². The molecule has 2 aromatic rings. The van der Waals surface area contributed by atoms with Crippen LogP contribution in [-0.4, -0.2) is 40.3 Å². The summed E-state index contributed by atoms with van der Waals surface area (Å²) in [6, 6.07) is 9.96. The molecular weight excluding hydrogens is 305 g/mol. The van der Waals surface area contributed by atoms with Gasteiger partial charge in [-0.25, -0.2) is 4.98 Å². The standard InChI is InChI=1S/C16H21F3N4/c17-16(18,19)13-23-11-8-21-15(23)12-22(10-7-20)9-6-14-4-2-1-3-5-14/h1-5,8,11H,6-7,9-10,12-13,20H2. The van der Waals surface area contributed by atoms with Gasteiger partial charge in [-0.1, -0.05) is 30.3 Å². The molecule has 0 fully saturated rings. The van der Waals surface area contributed by atoms with Crippen LogP contribution in [0.4, 0.5) is 13.2 Å². The fourth-order valence-electron chi connectivity index (χ4n) is 2.41. The molecule has 0 aliphatic rings. The van der Waals surface area contributed by atoms with Crippen LogP contribution < -0.4 is 5.73 Å². The molecule has 2 N–H and O–H groups in total. The van der Waals surface area contributed by atoms with Gasteiger partial charge >= 0.3 is 6.18 Å². The Hall–Kier alpha value is -1.86. The molecule has 0 spiro atoms. The Morgan fingerprint density at radius 1 is 1.13 bits per heavy atom. The molecule has 0 unspecified atom stereocenters. The fraction of sp³-hybridized carbons (Fsp3) is 0.438. The predicted molar refractivity (Wildman–Crippen MR) is 82.8 cm³/mol. The second-order valence-electron chi connectivity index (χ2n) is 5.39. The molecule has 23 heavy (non-hydrogen) atoms. The number of benzene rings is 1. The van der Waals surface area contributed by atoms with Crippen molar-refractivity contribution >= 4 is 0 Å². The molecule has 0 saturated heterocycles. The molecular formula is C16H21F3N4. The van der Waals surface area contributed by atoms with Crippen LogP contribution in [0.25, 0.3) is 0 Å². The van der Waals surface area contributed by atoms with E-state index in [-0.39, 0.29) is 0 Å². The maximum Gasteiger partial charge on any atom is 0.406 e. The summed E-state index contributed by atoms with van der Waals surface area (Å²) in [5.41, 5.74) is 6.81. The van der Waals surface area contributed by atoms with Crippen molar-refractivity contribution in [3.63, 3.8) is 0 Å². The first kappa shape index (κ1) is 17.5. The van der Waals surface area contributed by atoms with E-state index in [1.807, 2.05) is 35.2 Å². The van der Waals surface area contributed by atoms with Crippen LogP contribution in [0.15, 0.2) is 42.7 Å². The number of rotatable bonds is 8. The normalized spacial score (nSPS) is 12.0. The Labute approximate surface area is 133 Å². The molecule has 0 aliphatic carbocycles. The lowest BCUT2D eigenvalue weighted by Crippen LogP contribution is -2.32. The number of aromatic nitrogens is 2. The van der Waals surface area contributed by atoms with Gasteiger partial charge in [-0.15, -0.1) is 0 Å². The molecule has 2 rings (SSSR count). The van der Waals surface area contributed by atoms with Crippen LogP contribution in [0.3, 0.4) is 0 Å². The van der Waals surface area contributed by atoms with Gasteiger partial charge in [-0.3, -0.25) is 4.90 Å². The zero-order valence-electron chi connectivity index (χ0n) is 12.8. The molecule has 1 aromatic carbocycles. The topological polar surface area (TPSA) is 47.1 Å². The van der Waals surface area contributed by atoms with Gasteiger partial charge in [0.05, 0.1) is 6.54 Å². The average molecular weight is 326 g/mol. The van der Waals surface area contributed by atoms with Gasteiger partial charge in [-0.05, 0) is 12.0 Å². The van der Waals surface area contributed by atoms with E-state index in [0.717, 1.165) is 17.5 Å². The van der Waals surface area contributed by atoms with E-state index in [0.29, 0.717) is 25.5 Å². The molecule has 0 aliphatic heterocycles. The number of imidazole rings is 1. The lowest BCUT2D eigenvalue weighted by atomic mass is 10.1. The summed E-state index contributed by atoms with van der Waals surface area (Å²) in [6.45, 7) is 1.13. The van der Waals surface area contributed by atoms with Gasteiger partial charge in [0.25, 0.3) is 0 Å². The third kappa shape index (κ3) is 6.03. The van der Waals surface area contributed by atoms with Crippen LogP contribution >= 0.6 is 0 Å². The van der Waals surface area contributed by atoms with Crippen molar-refractivity contribution < 1.29 is 13.2 Å². The van der Waals surface area contributed by atoms with Crippen molar-refractivity contribution in [1.82, 2.24) is 14.5 Å². The zero-order chi connectivity index (χ0) is 16.7. The zero-order valence-corrected chi connectivity index (χ0v) is 12.8. The van der Waals surface area contributed by atoms with Crippen LogP contribution in [0.5, 0.6) is 0 Å². The Balaban J connectivity index is 1.98. The average Bonchev–Trinajstić information content (AvgIpc) is 2.91. The lowest BCUT2D eigenvalue weighted by Gasteiger charge is -2.22. The maximum absolute atomic E-state index is 12.6. The van der Waals surface area contributed by atoms with Crippen molar-refractivity contribution in [3.8, 4) is 0 Å². The first-order valence-electron chi connectivity index (χ1n) is 7.51. The summed E-state index contributed by atoms with van der Waals surface area (Å²) in [4.78, 5) is 6.09. The molecule has 1 heterocycles. The van der Waals surface area contributed by atoms with E-state index < -0.39 is 12.7 Å². The third-order valence-corrected chi connectivity index (χ3v) is 3.52. The predicted octanol–water partition coefficient (Wildman–Crippen LogP) is 2.45. The Bertz CT molecular complexity index is 581. The number of hydrogen-bond acceptors (Lipinski definition) is 3. The second kappa shape index (κ2) is 8.12. The molecule has 0 amide bonds. The van der Waals surface area contributed by atoms with E-state index in [1.54, 1.807) is 0 Å². The molecule has 0 saturated carbocycles. The first-order chi connectivity index (χ1) is 11.0. The van der Waals surface area contributed by atoms with Gasteiger partial charge < -0.3 is 10.3 Å². The SMILES string of the molecule is NCCN(CCc1ccccc1)Cc1nccn1CC(F)(F)F. The summed E-state index contributed by atoms with van der Waals surface area (Å²) in [5.74, 6) is 0.406. The first-order valence-corrected chi connectivity index (χ1v) is 7.51. The monoisotopic (exact) mass is 326 g/mol. The summed E-state index contributed by atoms with van der Waals surface area (Å²) < 4.78 is 38.9. The third-order valence-electron chi connectivity index (χ3n) is 3.52. The van der Waals surface area contributed by atoms with Gasteiger partial charge in [0.1, 0.15) is 12.4 Å². The number of nitrogens with zero attached hydrogens (tertiary/aromatic N) is 3. The minimum Gasteiger partial charge on any atom is -0.329 e. The molecule has 0 radical (unpaired) electrons. The number of hydrogen-bond donors (Lipinski definition) is 1. The van der Waals surface area contributed by atoms with Crippen molar-refractivity contribution in [1.29, 1.82) is 0 Å². The highest BCUT2D eigenvalue weighted by Gasteiger charge is 2.29. The van der Waals surface area contributed by atoms with Gasteiger partial charge in [0.15, 0.2) is 0 Å². The summed E-state index contributed by atoms with van der Waals surface area (Å²) in [5, 5.41) is 0. The van der Waals surface area contributed by atoms with Crippen molar-refractivity contribution in [2.24, 2.45) is 5.73 Å². The molecule has 4 nitrogen and oxygen atoms in total. The van der Waals surface area contributed by atoms with Gasteiger partial charge in [0.2, 0.25) is 0 Å². The fourth-order valence-corrected chi connectivity index (χ4v) is 2.41. The molecule has 1 aromatic heterocycles. The quantitative estimate of drug-likeness (QED) is 0.810. The number of nitrogens with two attached hydrogens (primary N) is 1. The lowest BCUT2D eigenvalue weighted by molar-refractivity contribution is -0.141. The molecule has 0 bridgehead atoms. The van der Waals surface area contributed by atoms with E-state index in [4.69, 9.17) is 5.73 Å². The van der Waals surface area contributed by atoms with Crippen molar-refractivity contribution in [2.45, 2.75) is 25.7 Å². The van der Waals surface area contributed by atoms with Crippen LogP contribution in [0.1, 0.15) is 11.4 Å². The molecule has 0 atom stereocenters. The Morgan fingerprint density at radius 2 is 1.87 bits per heavy atom. The van der Waals surface area contributed by atoms with Crippen LogP contribution in [0, 0.1) is 0 Å².